The van der Waals surface area contributed by atoms with Crippen molar-refractivity contribution in [3.05, 3.63) is 73.8 Å². The number of ether oxygens (including phenoxy) is 2. The largest absolute Gasteiger partial charge is 0.494 e. The molecule has 3 aliphatic heterocycles. The third-order valence-corrected chi connectivity index (χ3v) is 10.2. The summed E-state index contributed by atoms with van der Waals surface area (Å²) in [5.41, 5.74) is -0.0279. The normalized spacial score (nSPS) is 25.7. The van der Waals surface area contributed by atoms with Crippen LogP contribution < -0.4 is 9.64 Å². The van der Waals surface area contributed by atoms with Gasteiger partial charge in [0.05, 0.1) is 29.6 Å². The van der Waals surface area contributed by atoms with E-state index in [0.717, 1.165) is 5.52 Å². The number of para-hydroxylation sites is 1. The van der Waals surface area contributed by atoms with Gasteiger partial charge in [0, 0.05) is 31.9 Å². The van der Waals surface area contributed by atoms with Gasteiger partial charge in [-0.3, -0.25) is 14.4 Å². The molecule has 0 aliphatic carbocycles. The average Bonchev–Trinajstić information content (AvgIpc) is 3.83. The first-order valence-electron chi connectivity index (χ1n) is 16.7. The van der Waals surface area contributed by atoms with E-state index in [9.17, 15) is 19.5 Å². The van der Waals surface area contributed by atoms with Gasteiger partial charge < -0.3 is 29.3 Å². The minimum absolute atomic E-state index is 0.0801. The maximum atomic E-state index is 14.8. The van der Waals surface area contributed by atoms with Gasteiger partial charge in [0.25, 0.3) is 0 Å². The third-order valence-electron chi connectivity index (χ3n) is 10.2. The van der Waals surface area contributed by atoms with Gasteiger partial charge in [0.2, 0.25) is 17.7 Å². The zero-order valence-electron chi connectivity index (χ0n) is 27.7. The predicted molar refractivity (Wildman–Crippen MR) is 180 cm³/mol. The first-order valence-corrected chi connectivity index (χ1v) is 16.7. The molecule has 6 rings (SSSR count). The fourth-order valence-corrected chi connectivity index (χ4v) is 8.09. The summed E-state index contributed by atoms with van der Waals surface area (Å²) in [5.74, 6) is -1.87. The smallest absolute Gasteiger partial charge is 0.250 e. The molecule has 1 aromatic heterocycles. The highest BCUT2D eigenvalue weighted by Crippen LogP contribution is 2.64. The summed E-state index contributed by atoms with van der Waals surface area (Å²) in [7, 11) is 0. The highest BCUT2D eigenvalue weighted by Gasteiger charge is 2.79. The Hall–Kier alpha value is -4.55. The topological polar surface area (TPSA) is 130 Å². The second kappa shape index (κ2) is 13.5. The van der Waals surface area contributed by atoms with Crippen molar-refractivity contribution >= 4 is 34.4 Å². The Morgan fingerprint density at radius 3 is 2.52 bits per heavy atom. The summed E-state index contributed by atoms with van der Waals surface area (Å²) in [4.78, 5) is 49.0. The fourth-order valence-electron chi connectivity index (χ4n) is 8.09. The molecule has 12 nitrogen and oxygen atoms in total. The van der Waals surface area contributed by atoms with Gasteiger partial charge >= 0.3 is 0 Å². The lowest BCUT2D eigenvalue weighted by atomic mass is 9.64. The van der Waals surface area contributed by atoms with Gasteiger partial charge in [-0.15, -0.1) is 18.3 Å². The highest BCUT2D eigenvalue weighted by atomic mass is 16.5. The van der Waals surface area contributed by atoms with Gasteiger partial charge in [-0.2, -0.15) is 0 Å². The summed E-state index contributed by atoms with van der Waals surface area (Å²) in [6, 6.07) is 13.8. The zero-order chi connectivity index (χ0) is 34.1. The minimum Gasteiger partial charge on any atom is -0.494 e. The van der Waals surface area contributed by atoms with E-state index in [1.807, 2.05) is 62.4 Å². The molecule has 5 atom stereocenters. The first kappa shape index (κ1) is 33.4. The molecule has 2 unspecified atom stereocenters. The second-order valence-electron chi connectivity index (χ2n) is 12.7. The molecule has 0 radical (unpaired) electrons. The molecule has 12 heteroatoms. The Labute approximate surface area is 280 Å². The molecule has 2 aromatic carbocycles. The number of nitrogens with zero attached hydrogens (tertiary/aromatic N) is 6. The molecule has 1 N–H and O–H groups in total. The Balaban J connectivity index is 1.39. The van der Waals surface area contributed by atoms with Gasteiger partial charge in [0.15, 0.2) is 0 Å². The summed E-state index contributed by atoms with van der Waals surface area (Å²) in [6.45, 7) is 12.7. The summed E-state index contributed by atoms with van der Waals surface area (Å²) >= 11 is 0. The molecule has 254 valence electrons. The van der Waals surface area contributed by atoms with E-state index in [-0.39, 0.29) is 57.1 Å². The lowest BCUT2D eigenvalue weighted by molar-refractivity contribution is -0.153. The summed E-state index contributed by atoms with van der Waals surface area (Å²) in [5, 5.41) is 18.3. The monoisotopic (exact) mass is 656 g/mol. The van der Waals surface area contributed by atoms with Crippen molar-refractivity contribution in [3.8, 4) is 5.75 Å². The quantitative estimate of drug-likeness (QED) is 0.246. The number of hydrogen-bond acceptors (Lipinski definition) is 8. The van der Waals surface area contributed by atoms with Crippen molar-refractivity contribution in [3.63, 3.8) is 0 Å². The molecular weight excluding hydrogens is 612 g/mol. The van der Waals surface area contributed by atoms with Crippen LogP contribution in [0.5, 0.6) is 5.75 Å². The van der Waals surface area contributed by atoms with E-state index in [1.54, 1.807) is 31.5 Å². The number of aliphatic hydroxyl groups is 1. The van der Waals surface area contributed by atoms with Gasteiger partial charge in [0.1, 0.15) is 29.6 Å². The minimum atomic E-state index is -1.22. The molecule has 3 amide bonds. The van der Waals surface area contributed by atoms with Crippen LogP contribution in [0.3, 0.4) is 0 Å². The van der Waals surface area contributed by atoms with Crippen molar-refractivity contribution in [2.24, 2.45) is 11.8 Å². The Morgan fingerprint density at radius 2 is 1.83 bits per heavy atom. The predicted octanol–water partition coefficient (Wildman–Crippen LogP) is 3.56. The first-order chi connectivity index (χ1) is 23.3. The van der Waals surface area contributed by atoms with Crippen LogP contribution in [0.15, 0.2) is 73.8 Å². The number of carbonyl (C=O) groups is 3. The number of amides is 3. The lowest BCUT2D eigenvalue weighted by Gasteiger charge is -2.37. The zero-order valence-corrected chi connectivity index (χ0v) is 27.7. The van der Waals surface area contributed by atoms with Gasteiger partial charge in [-0.05, 0) is 69.0 Å². The van der Waals surface area contributed by atoms with Crippen molar-refractivity contribution in [1.29, 1.82) is 0 Å². The lowest BCUT2D eigenvalue weighted by Crippen LogP contribution is -2.56. The molecule has 3 aliphatic rings. The average molecular weight is 657 g/mol. The molecule has 1 spiro atoms. The molecule has 3 fully saturated rings. The number of aromatic nitrogens is 3. The molecular formula is C36H44N6O6. The van der Waals surface area contributed by atoms with Crippen LogP contribution in [-0.2, 0) is 25.8 Å². The van der Waals surface area contributed by atoms with Gasteiger partial charge in [-0.25, -0.2) is 4.68 Å². The number of carbonyl (C=O) groups excluding carboxylic acids is 3. The number of anilines is 1. The SMILES string of the molecule is C=CCN(Cn1nnc2ccccc21)C(=O)C1N(CCCO)C(=O)[C@@H]2[C@@H](C(=O)N(CC=C)c3ccc(OCC)cc3)[C@@]3(CC)CCC12O3. The summed E-state index contributed by atoms with van der Waals surface area (Å²) in [6.07, 6.45) is 5.05. The van der Waals surface area contributed by atoms with Crippen LogP contribution in [0.2, 0.25) is 0 Å². The molecule has 3 aromatic rings. The van der Waals surface area contributed by atoms with Crippen molar-refractivity contribution in [2.45, 2.75) is 63.4 Å². The Kier molecular flexibility index (Phi) is 9.39. The maximum absolute atomic E-state index is 14.8. The Bertz CT molecular complexity index is 1690. The van der Waals surface area contributed by atoms with E-state index in [1.165, 1.54) is 0 Å². The van der Waals surface area contributed by atoms with E-state index >= 15 is 0 Å². The van der Waals surface area contributed by atoms with Crippen LogP contribution in [0.25, 0.3) is 11.0 Å². The van der Waals surface area contributed by atoms with E-state index in [4.69, 9.17) is 9.47 Å². The molecule has 3 saturated heterocycles. The van der Waals surface area contributed by atoms with Crippen LogP contribution in [0.1, 0.15) is 39.5 Å². The van der Waals surface area contributed by atoms with Crippen molar-refractivity contribution in [2.75, 3.05) is 37.7 Å². The number of likely N-dealkylation sites (tertiary alicyclic amines) is 1. The van der Waals surface area contributed by atoms with Crippen LogP contribution in [0, 0.1) is 11.8 Å². The van der Waals surface area contributed by atoms with E-state index in [2.05, 4.69) is 23.5 Å². The van der Waals surface area contributed by atoms with Gasteiger partial charge in [-0.1, -0.05) is 36.4 Å². The molecule has 4 heterocycles. The molecule has 48 heavy (non-hydrogen) atoms. The number of rotatable bonds is 15. The number of hydrogen-bond donors (Lipinski definition) is 1. The van der Waals surface area contributed by atoms with Crippen LogP contribution >= 0.6 is 0 Å². The Morgan fingerprint density at radius 1 is 1.08 bits per heavy atom. The van der Waals surface area contributed by atoms with E-state index < -0.39 is 29.1 Å². The standard InChI is InChI=1S/C36H44N6O6/c1-5-20-39(24-42-28-13-10-9-12-27(28)37-38-42)34(46)31-36-19-18-35(7-3,48-36)29(30(36)33(45)41(31)22-11-23-43)32(44)40(21-6-2)25-14-16-26(17-15-25)47-8-4/h5-6,9-10,12-17,29-31,43H,1-2,7-8,11,18-24H2,3-4H3/t29-,30-,31?,35+,36?/m0/s1. The number of benzene rings is 2. The van der Waals surface area contributed by atoms with Crippen LogP contribution in [0.4, 0.5) is 5.69 Å². The fraction of sp³-hybridized carbons (Fsp3) is 0.472. The van der Waals surface area contributed by atoms with E-state index in [0.29, 0.717) is 42.8 Å². The molecule has 0 saturated carbocycles. The van der Waals surface area contributed by atoms with Crippen molar-refractivity contribution < 1.29 is 29.0 Å². The summed E-state index contributed by atoms with van der Waals surface area (Å²) < 4.78 is 14.3. The highest BCUT2D eigenvalue weighted by molar-refractivity contribution is 6.03. The third kappa shape index (κ3) is 5.36. The molecule has 2 bridgehead atoms. The second-order valence-corrected chi connectivity index (χ2v) is 12.7. The number of aliphatic hydroxyl groups excluding tert-OH is 1. The van der Waals surface area contributed by atoms with Crippen molar-refractivity contribution in [1.82, 2.24) is 24.8 Å². The maximum Gasteiger partial charge on any atom is 0.250 e. The van der Waals surface area contributed by atoms with Crippen LogP contribution in [-0.4, -0.2) is 97.7 Å². The number of fused-ring (bicyclic) bond motifs is 2.